The van der Waals surface area contributed by atoms with E-state index in [1.165, 1.54) is 19.4 Å². The molecule has 1 unspecified atom stereocenters. The Labute approximate surface area is 181 Å². The Bertz CT molecular complexity index is 1310. The van der Waals surface area contributed by atoms with Crippen LogP contribution in [0.4, 0.5) is 5.69 Å². The molecule has 0 aliphatic heterocycles. The van der Waals surface area contributed by atoms with E-state index < -0.39 is 15.6 Å². The molecule has 1 N–H and O–H groups in total. The minimum Gasteiger partial charge on any atom is -0.326 e. The van der Waals surface area contributed by atoms with Crippen molar-refractivity contribution in [2.45, 2.75) is 18.7 Å². The molecule has 156 valence electrons. The first-order valence-corrected chi connectivity index (χ1v) is 11.3. The number of benzene rings is 2. The second-order valence-electron chi connectivity index (χ2n) is 6.98. The average molecular weight is 432 g/mol. The smallest absolute Gasteiger partial charge is 0.286 e. The standard InChI is InChI=1S/C24H21N3O3S/c1-17-4-6-19(7-5-17)8-9-20-14-21(16-25-15-20)24(29)27-31(3,30)23-12-10-22(11-13-23)26-18(2)28/h4-7,10-16H,1-3H3,(H,26,28). The summed E-state index contributed by atoms with van der Waals surface area (Å²) < 4.78 is 16.9. The van der Waals surface area contributed by atoms with E-state index >= 15 is 0 Å². The fraction of sp³-hybridized carbons (Fsp3) is 0.125. The Morgan fingerprint density at radius 2 is 1.61 bits per heavy atom. The van der Waals surface area contributed by atoms with Crippen LogP contribution in [0.2, 0.25) is 0 Å². The summed E-state index contributed by atoms with van der Waals surface area (Å²) in [5, 5.41) is 2.63. The van der Waals surface area contributed by atoms with Crippen molar-refractivity contribution >= 4 is 27.2 Å². The molecule has 31 heavy (non-hydrogen) atoms. The van der Waals surface area contributed by atoms with Crippen LogP contribution < -0.4 is 5.32 Å². The quantitative estimate of drug-likeness (QED) is 0.634. The van der Waals surface area contributed by atoms with Gasteiger partial charge in [0, 0.05) is 47.3 Å². The van der Waals surface area contributed by atoms with Crippen LogP contribution in [0.3, 0.4) is 0 Å². The molecule has 1 aromatic heterocycles. The molecule has 1 heterocycles. The Morgan fingerprint density at radius 1 is 0.968 bits per heavy atom. The largest absolute Gasteiger partial charge is 0.326 e. The van der Waals surface area contributed by atoms with Gasteiger partial charge in [-0.05, 0) is 49.4 Å². The van der Waals surface area contributed by atoms with Crippen LogP contribution in [0, 0.1) is 18.8 Å². The SMILES string of the molecule is CC(=O)Nc1ccc(S(C)(=O)=NC(=O)c2cncc(C#Cc3ccc(C)cc3)c2)cc1. The molecule has 3 aromatic rings. The van der Waals surface area contributed by atoms with Crippen LogP contribution in [-0.2, 0) is 14.5 Å². The second kappa shape index (κ2) is 9.37. The van der Waals surface area contributed by atoms with E-state index in [1.807, 2.05) is 31.2 Å². The van der Waals surface area contributed by atoms with Crippen LogP contribution in [0.15, 0.2) is 76.2 Å². The van der Waals surface area contributed by atoms with Gasteiger partial charge in [-0.1, -0.05) is 29.5 Å². The highest BCUT2D eigenvalue weighted by Crippen LogP contribution is 2.17. The highest BCUT2D eigenvalue weighted by Gasteiger charge is 2.12. The molecular weight excluding hydrogens is 410 g/mol. The number of carbonyl (C=O) groups is 2. The minimum absolute atomic E-state index is 0.206. The lowest BCUT2D eigenvalue weighted by Crippen LogP contribution is -2.07. The molecule has 2 aromatic carbocycles. The maximum absolute atomic E-state index is 13.0. The third-order valence-electron chi connectivity index (χ3n) is 4.26. The van der Waals surface area contributed by atoms with Gasteiger partial charge in [-0.2, -0.15) is 4.36 Å². The molecule has 7 heteroatoms. The van der Waals surface area contributed by atoms with Gasteiger partial charge in [0.25, 0.3) is 5.91 Å². The van der Waals surface area contributed by atoms with Crippen LogP contribution in [0.5, 0.6) is 0 Å². The third-order valence-corrected chi connectivity index (χ3v) is 5.92. The van der Waals surface area contributed by atoms with Crippen molar-refractivity contribution in [3.05, 3.63) is 89.2 Å². The number of carbonyl (C=O) groups excluding carboxylic acids is 2. The van der Waals surface area contributed by atoms with Crippen molar-refractivity contribution in [2.24, 2.45) is 4.36 Å². The summed E-state index contributed by atoms with van der Waals surface area (Å²) in [5.41, 5.74) is 3.34. The molecule has 0 aliphatic rings. The average Bonchev–Trinajstić information content (AvgIpc) is 2.73. The van der Waals surface area contributed by atoms with Crippen molar-refractivity contribution < 1.29 is 13.8 Å². The van der Waals surface area contributed by atoms with Crippen LogP contribution in [0.1, 0.15) is 34.0 Å². The predicted molar refractivity (Wildman–Crippen MR) is 121 cm³/mol. The summed E-state index contributed by atoms with van der Waals surface area (Å²) in [7, 11) is -2.98. The van der Waals surface area contributed by atoms with E-state index in [2.05, 4.69) is 26.5 Å². The highest BCUT2D eigenvalue weighted by atomic mass is 32.2. The summed E-state index contributed by atoms with van der Waals surface area (Å²) in [6, 6.07) is 15.7. The number of pyridine rings is 1. The minimum atomic E-state index is -2.98. The Morgan fingerprint density at radius 3 is 2.26 bits per heavy atom. The van der Waals surface area contributed by atoms with Crippen molar-refractivity contribution in [1.82, 2.24) is 4.98 Å². The summed E-state index contributed by atoms with van der Waals surface area (Å²) in [5.74, 6) is 5.17. The van der Waals surface area contributed by atoms with Gasteiger partial charge in [-0.15, -0.1) is 0 Å². The number of aromatic nitrogens is 1. The number of rotatable bonds is 3. The van der Waals surface area contributed by atoms with E-state index in [4.69, 9.17) is 0 Å². The third kappa shape index (κ3) is 6.11. The van der Waals surface area contributed by atoms with Gasteiger partial charge < -0.3 is 5.32 Å². The van der Waals surface area contributed by atoms with Gasteiger partial charge in [-0.3, -0.25) is 14.6 Å². The monoisotopic (exact) mass is 431 g/mol. The van der Waals surface area contributed by atoms with Crippen LogP contribution in [0.25, 0.3) is 0 Å². The zero-order valence-corrected chi connectivity index (χ0v) is 18.2. The van der Waals surface area contributed by atoms with Crippen LogP contribution >= 0.6 is 0 Å². The van der Waals surface area contributed by atoms with Crippen LogP contribution in [-0.4, -0.2) is 27.3 Å². The molecule has 3 rings (SSSR count). The van der Waals surface area contributed by atoms with Crippen molar-refractivity contribution in [3.63, 3.8) is 0 Å². The molecule has 1 atom stereocenters. The van der Waals surface area contributed by atoms with E-state index in [0.717, 1.165) is 11.1 Å². The number of aryl methyl sites for hydroxylation is 1. The normalized spacial score (nSPS) is 12.1. The summed E-state index contributed by atoms with van der Waals surface area (Å²) in [4.78, 5) is 28.2. The summed E-state index contributed by atoms with van der Waals surface area (Å²) in [6.45, 7) is 3.40. The Balaban J connectivity index is 1.83. The Kier molecular flexibility index (Phi) is 6.63. The lowest BCUT2D eigenvalue weighted by Gasteiger charge is -2.06. The molecule has 0 saturated carbocycles. The number of nitrogens with zero attached hydrogens (tertiary/aromatic N) is 2. The van der Waals surface area contributed by atoms with E-state index in [9.17, 15) is 13.8 Å². The lowest BCUT2D eigenvalue weighted by atomic mass is 10.1. The van der Waals surface area contributed by atoms with Gasteiger partial charge in [0.15, 0.2) is 0 Å². The maximum Gasteiger partial charge on any atom is 0.286 e. The molecular formula is C24H21N3O3S. The van der Waals surface area contributed by atoms with Crippen molar-refractivity contribution in [3.8, 4) is 11.8 Å². The molecule has 0 aliphatic carbocycles. The molecule has 0 radical (unpaired) electrons. The lowest BCUT2D eigenvalue weighted by molar-refractivity contribution is -0.114. The maximum atomic E-state index is 13.0. The Hall–Kier alpha value is -3.76. The molecule has 0 fully saturated rings. The number of hydrogen-bond donors (Lipinski definition) is 1. The second-order valence-corrected chi connectivity index (χ2v) is 9.24. The first kappa shape index (κ1) is 21.9. The van der Waals surface area contributed by atoms with Gasteiger partial charge >= 0.3 is 0 Å². The first-order chi connectivity index (χ1) is 14.7. The molecule has 0 spiro atoms. The van der Waals surface area contributed by atoms with Gasteiger partial charge in [0.1, 0.15) is 0 Å². The van der Waals surface area contributed by atoms with E-state index in [1.54, 1.807) is 36.5 Å². The van der Waals surface area contributed by atoms with E-state index in [-0.39, 0.29) is 11.5 Å². The zero-order chi connectivity index (χ0) is 22.4. The number of amides is 2. The van der Waals surface area contributed by atoms with Gasteiger partial charge in [-0.25, -0.2) is 4.21 Å². The van der Waals surface area contributed by atoms with Gasteiger partial charge in [0.05, 0.1) is 15.3 Å². The molecule has 0 saturated heterocycles. The van der Waals surface area contributed by atoms with Crippen molar-refractivity contribution in [1.29, 1.82) is 0 Å². The topological polar surface area (TPSA) is 88.5 Å². The first-order valence-electron chi connectivity index (χ1n) is 9.41. The predicted octanol–water partition coefficient (Wildman–Crippen LogP) is 4.05. The van der Waals surface area contributed by atoms with Gasteiger partial charge in [0.2, 0.25) is 5.91 Å². The highest BCUT2D eigenvalue weighted by molar-refractivity contribution is 7.93. The number of hydrogen-bond acceptors (Lipinski definition) is 4. The molecule has 6 nitrogen and oxygen atoms in total. The summed E-state index contributed by atoms with van der Waals surface area (Å²) >= 11 is 0. The zero-order valence-electron chi connectivity index (χ0n) is 17.4. The fourth-order valence-corrected chi connectivity index (χ4v) is 3.83. The fourth-order valence-electron chi connectivity index (χ4n) is 2.66. The molecule has 2 amide bonds. The van der Waals surface area contributed by atoms with Crippen molar-refractivity contribution in [2.75, 3.05) is 11.6 Å². The van der Waals surface area contributed by atoms with E-state index in [0.29, 0.717) is 16.1 Å². The number of nitrogens with one attached hydrogen (secondary N) is 1. The number of anilines is 1. The summed E-state index contributed by atoms with van der Waals surface area (Å²) in [6.07, 6.45) is 4.33. The molecule has 0 bridgehead atoms.